The molecule has 0 aliphatic heterocycles. The molecule has 0 saturated heterocycles. The third-order valence-electron chi connectivity index (χ3n) is 2.74. The number of benzene rings is 1. The molecule has 0 amide bonds. The lowest BCUT2D eigenvalue weighted by Gasteiger charge is -2.30. The van der Waals surface area contributed by atoms with Crippen molar-refractivity contribution in [2.75, 3.05) is 0 Å². The Morgan fingerprint density at radius 1 is 1.07 bits per heavy atom. The molecular formula is C13H18Cl2. The first-order chi connectivity index (χ1) is 6.84. The summed E-state index contributed by atoms with van der Waals surface area (Å²) in [5, 5.41) is 1.44. The Hall–Kier alpha value is -0.200. The van der Waals surface area contributed by atoms with Gasteiger partial charge in [-0.25, -0.2) is 0 Å². The second-order valence-electron chi connectivity index (χ2n) is 5.03. The molecule has 1 unspecified atom stereocenters. The molecule has 0 saturated carbocycles. The molecule has 0 aliphatic carbocycles. The molecule has 2 heteroatoms. The molecule has 0 spiro atoms. The van der Waals surface area contributed by atoms with Crippen molar-refractivity contribution in [1.82, 2.24) is 0 Å². The second-order valence-corrected chi connectivity index (χ2v) is 5.90. The molecule has 1 rings (SSSR count). The summed E-state index contributed by atoms with van der Waals surface area (Å²) >= 11 is 12.0. The summed E-state index contributed by atoms with van der Waals surface area (Å²) in [5.74, 6) is 0.494. The molecule has 15 heavy (non-hydrogen) atoms. The van der Waals surface area contributed by atoms with E-state index in [0.717, 1.165) is 16.5 Å². The minimum absolute atomic E-state index is 0.239. The van der Waals surface area contributed by atoms with Gasteiger partial charge < -0.3 is 0 Å². The van der Waals surface area contributed by atoms with Gasteiger partial charge in [0.15, 0.2) is 0 Å². The Labute approximate surface area is 103 Å². The number of rotatable bonds is 2. The molecule has 1 aromatic carbocycles. The van der Waals surface area contributed by atoms with Crippen molar-refractivity contribution in [1.29, 1.82) is 0 Å². The van der Waals surface area contributed by atoms with Crippen LogP contribution in [0.1, 0.15) is 45.6 Å². The summed E-state index contributed by atoms with van der Waals surface area (Å²) in [5.41, 5.74) is 1.48. The summed E-state index contributed by atoms with van der Waals surface area (Å²) in [6.07, 6.45) is 1.10. The van der Waals surface area contributed by atoms with Crippen LogP contribution in [0.2, 0.25) is 10.0 Å². The molecule has 0 bridgehead atoms. The zero-order valence-corrected chi connectivity index (χ0v) is 11.3. The van der Waals surface area contributed by atoms with E-state index in [0.29, 0.717) is 5.92 Å². The second kappa shape index (κ2) is 4.76. The molecule has 0 fully saturated rings. The Morgan fingerprint density at radius 3 is 1.87 bits per heavy atom. The monoisotopic (exact) mass is 244 g/mol. The van der Waals surface area contributed by atoms with Crippen LogP contribution in [0.5, 0.6) is 0 Å². The van der Waals surface area contributed by atoms with Gasteiger partial charge >= 0.3 is 0 Å². The number of halogens is 2. The van der Waals surface area contributed by atoms with E-state index in [1.165, 1.54) is 5.56 Å². The number of hydrogen-bond acceptors (Lipinski definition) is 0. The summed E-state index contributed by atoms with van der Waals surface area (Å²) in [6.45, 7) is 8.94. The molecule has 1 aromatic rings. The SMILES string of the molecule is CCC(c1cc(Cl)cc(Cl)c1)C(C)(C)C. The predicted molar refractivity (Wildman–Crippen MR) is 68.9 cm³/mol. The molecule has 0 N–H and O–H groups in total. The molecule has 0 aliphatic rings. The first-order valence-electron chi connectivity index (χ1n) is 5.30. The molecule has 0 heterocycles. The lowest BCUT2D eigenvalue weighted by molar-refractivity contribution is 0.312. The van der Waals surface area contributed by atoms with Crippen LogP contribution in [0, 0.1) is 5.41 Å². The van der Waals surface area contributed by atoms with Crippen LogP contribution in [-0.4, -0.2) is 0 Å². The molecule has 84 valence electrons. The van der Waals surface area contributed by atoms with Crippen LogP contribution in [0.25, 0.3) is 0 Å². The van der Waals surface area contributed by atoms with Gasteiger partial charge in [0.1, 0.15) is 0 Å². The fourth-order valence-electron chi connectivity index (χ4n) is 2.12. The highest BCUT2D eigenvalue weighted by Gasteiger charge is 2.24. The summed E-state index contributed by atoms with van der Waals surface area (Å²) in [4.78, 5) is 0. The summed E-state index contributed by atoms with van der Waals surface area (Å²) in [7, 11) is 0. The zero-order chi connectivity index (χ0) is 11.6. The van der Waals surface area contributed by atoms with Gasteiger partial charge in [-0.1, -0.05) is 50.9 Å². The van der Waals surface area contributed by atoms with E-state index in [2.05, 4.69) is 27.7 Å². The van der Waals surface area contributed by atoms with E-state index in [1.807, 2.05) is 12.1 Å². The minimum atomic E-state index is 0.239. The van der Waals surface area contributed by atoms with Gasteiger partial charge in [0.25, 0.3) is 0 Å². The van der Waals surface area contributed by atoms with Crippen molar-refractivity contribution in [3.05, 3.63) is 33.8 Å². The van der Waals surface area contributed by atoms with E-state index in [4.69, 9.17) is 23.2 Å². The highest BCUT2D eigenvalue weighted by Crippen LogP contribution is 2.39. The quantitative estimate of drug-likeness (QED) is 0.642. The van der Waals surface area contributed by atoms with E-state index < -0.39 is 0 Å². The van der Waals surface area contributed by atoms with Gasteiger partial charge in [-0.2, -0.15) is 0 Å². The molecule has 0 radical (unpaired) electrons. The minimum Gasteiger partial charge on any atom is -0.0843 e. The summed E-state index contributed by atoms with van der Waals surface area (Å²) in [6, 6.07) is 5.82. The highest BCUT2D eigenvalue weighted by atomic mass is 35.5. The number of hydrogen-bond donors (Lipinski definition) is 0. The maximum atomic E-state index is 6.02. The Kier molecular flexibility index (Phi) is 4.08. The van der Waals surface area contributed by atoms with E-state index >= 15 is 0 Å². The third kappa shape index (κ3) is 3.39. The molecular weight excluding hydrogens is 227 g/mol. The van der Waals surface area contributed by atoms with Gasteiger partial charge in [0, 0.05) is 10.0 Å². The average molecular weight is 245 g/mol. The maximum absolute atomic E-state index is 6.02. The Morgan fingerprint density at radius 2 is 1.53 bits per heavy atom. The predicted octanol–water partition coefficient (Wildman–Crippen LogP) is 5.53. The van der Waals surface area contributed by atoms with Crippen LogP contribution >= 0.6 is 23.2 Å². The maximum Gasteiger partial charge on any atom is 0.0423 e. The van der Waals surface area contributed by atoms with Crippen LogP contribution < -0.4 is 0 Å². The van der Waals surface area contributed by atoms with E-state index in [1.54, 1.807) is 6.07 Å². The lowest BCUT2D eigenvalue weighted by atomic mass is 9.75. The van der Waals surface area contributed by atoms with Gasteiger partial charge in [-0.05, 0) is 41.5 Å². The normalized spacial score (nSPS) is 14.0. The molecule has 0 nitrogen and oxygen atoms in total. The average Bonchev–Trinajstić information content (AvgIpc) is 1.99. The van der Waals surface area contributed by atoms with Crippen molar-refractivity contribution in [2.45, 2.75) is 40.0 Å². The van der Waals surface area contributed by atoms with Crippen LogP contribution in [0.4, 0.5) is 0 Å². The lowest BCUT2D eigenvalue weighted by Crippen LogP contribution is -2.17. The van der Waals surface area contributed by atoms with Crippen molar-refractivity contribution in [3.8, 4) is 0 Å². The van der Waals surface area contributed by atoms with Gasteiger partial charge in [0.2, 0.25) is 0 Å². The van der Waals surface area contributed by atoms with Crippen LogP contribution in [0.15, 0.2) is 18.2 Å². The smallest absolute Gasteiger partial charge is 0.0423 e. The molecule has 0 aromatic heterocycles. The van der Waals surface area contributed by atoms with Gasteiger partial charge in [-0.3, -0.25) is 0 Å². The van der Waals surface area contributed by atoms with Crippen molar-refractivity contribution < 1.29 is 0 Å². The standard InChI is InChI=1S/C13H18Cl2/c1-5-12(13(2,3)4)9-6-10(14)8-11(15)7-9/h6-8,12H,5H2,1-4H3. The van der Waals surface area contributed by atoms with Crippen molar-refractivity contribution >= 4 is 23.2 Å². The first kappa shape index (κ1) is 12.9. The fraction of sp³-hybridized carbons (Fsp3) is 0.538. The third-order valence-corrected chi connectivity index (χ3v) is 3.18. The van der Waals surface area contributed by atoms with Gasteiger partial charge in [-0.15, -0.1) is 0 Å². The largest absolute Gasteiger partial charge is 0.0843 e. The Balaban J connectivity index is 3.13. The molecule has 1 atom stereocenters. The van der Waals surface area contributed by atoms with Crippen LogP contribution in [0.3, 0.4) is 0 Å². The topological polar surface area (TPSA) is 0 Å². The van der Waals surface area contributed by atoms with E-state index in [-0.39, 0.29) is 5.41 Å². The Bertz CT molecular complexity index is 317. The van der Waals surface area contributed by atoms with Crippen LogP contribution in [-0.2, 0) is 0 Å². The van der Waals surface area contributed by atoms with Crippen molar-refractivity contribution in [2.24, 2.45) is 5.41 Å². The van der Waals surface area contributed by atoms with Crippen molar-refractivity contribution in [3.63, 3.8) is 0 Å². The zero-order valence-electron chi connectivity index (χ0n) is 9.77. The first-order valence-corrected chi connectivity index (χ1v) is 6.06. The highest BCUT2D eigenvalue weighted by molar-refractivity contribution is 6.34. The summed E-state index contributed by atoms with van der Waals surface area (Å²) < 4.78 is 0. The van der Waals surface area contributed by atoms with Gasteiger partial charge in [0.05, 0.1) is 0 Å². The van der Waals surface area contributed by atoms with E-state index in [9.17, 15) is 0 Å². The fourth-order valence-corrected chi connectivity index (χ4v) is 2.67.